The first-order valence-electron chi connectivity index (χ1n) is 8.92. The van der Waals surface area contributed by atoms with E-state index in [1.807, 2.05) is 61.2 Å². The molecule has 2 heterocycles. The van der Waals surface area contributed by atoms with E-state index < -0.39 is 0 Å². The average Bonchev–Trinajstić information content (AvgIpc) is 3.29. The summed E-state index contributed by atoms with van der Waals surface area (Å²) in [6.45, 7) is 4.59. The van der Waals surface area contributed by atoms with Crippen LogP contribution in [0.1, 0.15) is 29.4 Å². The van der Waals surface area contributed by atoms with Gasteiger partial charge >= 0.3 is 0 Å². The zero-order chi connectivity index (χ0) is 19.0. The first kappa shape index (κ1) is 17.3. The van der Waals surface area contributed by atoms with Gasteiger partial charge in [0.25, 0.3) is 0 Å². The molecule has 1 aliphatic heterocycles. The van der Waals surface area contributed by atoms with E-state index in [0.717, 1.165) is 22.4 Å². The summed E-state index contributed by atoms with van der Waals surface area (Å²) in [6.07, 6.45) is 0.362. The molecule has 1 saturated heterocycles. The number of aryl methyl sites for hydroxylation is 2. The molecule has 6 nitrogen and oxygen atoms in total. The number of nitrogens with zero attached hydrogens (tertiary/aromatic N) is 3. The van der Waals surface area contributed by atoms with Crippen LogP contribution in [0.2, 0.25) is 0 Å². The average molecular weight is 363 g/mol. The van der Waals surface area contributed by atoms with Crippen LogP contribution in [0.15, 0.2) is 47.0 Å². The third-order valence-corrected chi connectivity index (χ3v) is 4.97. The number of ether oxygens (including phenoxy) is 1. The molecule has 3 aromatic rings. The molecule has 1 fully saturated rings. The Kier molecular flexibility index (Phi) is 4.39. The van der Waals surface area contributed by atoms with E-state index in [-0.39, 0.29) is 11.8 Å². The van der Waals surface area contributed by atoms with Crippen LogP contribution >= 0.6 is 0 Å². The molecular weight excluding hydrogens is 342 g/mol. The quantitative estimate of drug-likeness (QED) is 0.703. The second kappa shape index (κ2) is 6.87. The molecule has 0 saturated carbocycles. The van der Waals surface area contributed by atoms with Crippen LogP contribution in [-0.4, -0.2) is 29.7 Å². The van der Waals surface area contributed by atoms with Crippen molar-refractivity contribution < 1.29 is 14.1 Å². The number of benzene rings is 2. The fourth-order valence-electron chi connectivity index (χ4n) is 3.66. The number of carbonyl (C=O) groups is 1. The number of carbonyl (C=O) groups excluding carboxylic acids is 1. The number of anilines is 1. The van der Waals surface area contributed by atoms with Gasteiger partial charge in [-0.15, -0.1) is 0 Å². The van der Waals surface area contributed by atoms with Crippen molar-refractivity contribution in [3.05, 3.63) is 59.5 Å². The summed E-state index contributed by atoms with van der Waals surface area (Å²) in [6, 6.07) is 13.6. The monoisotopic (exact) mass is 363 g/mol. The maximum atomic E-state index is 12.7. The van der Waals surface area contributed by atoms with Crippen molar-refractivity contribution in [1.29, 1.82) is 0 Å². The van der Waals surface area contributed by atoms with Crippen LogP contribution in [0.4, 0.5) is 5.69 Å². The number of hydrogen-bond donors (Lipinski definition) is 0. The molecule has 6 heteroatoms. The number of hydrogen-bond acceptors (Lipinski definition) is 5. The molecule has 4 rings (SSSR count). The topological polar surface area (TPSA) is 68.5 Å². The van der Waals surface area contributed by atoms with Gasteiger partial charge in [-0.2, -0.15) is 4.98 Å². The predicted molar refractivity (Wildman–Crippen MR) is 102 cm³/mol. The molecule has 0 radical (unpaired) electrons. The second-order valence-electron chi connectivity index (χ2n) is 6.80. The van der Waals surface area contributed by atoms with E-state index in [2.05, 4.69) is 10.1 Å². The van der Waals surface area contributed by atoms with Gasteiger partial charge in [0.05, 0.1) is 18.6 Å². The molecule has 1 amide bonds. The first-order chi connectivity index (χ1) is 13.1. The molecule has 0 spiro atoms. The molecular formula is C21H21N3O3. The van der Waals surface area contributed by atoms with E-state index in [0.29, 0.717) is 30.4 Å². The van der Waals surface area contributed by atoms with Crippen molar-refractivity contribution in [2.75, 3.05) is 18.6 Å². The summed E-state index contributed by atoms with van der Waals surface area (Å²) < 4.78 is 10.9. The van der Waals surface area contributed by atoms with E-state index >= 15 is 0 Å². The number of para-hydroxylation sites is 2. The van der Waals surface area contributed by atoms with Crippen LogP contribution < -0.4 is 9.64 Å². The van der Waals surface area contributed by atoms with Crippen molar-refractivity contribution in [2.24, 2.45) is 0 Å². The number of methoxy groups -OCH3 is 1. The predicted octanol–water partition coefficient (Wildman–Crippen LogP) is 3.88. The lowest BCUT2D eigenvalue weighted by Crippen LogP contribution is -2.26. The van der Waals surface area contributed by atoms with Crippen LogP contribution in [0, 0.1) is 13.8 Å². The molecule has 1 atom stereocenters. The molecule has 1 aromatic heterocycles. The molecule has 138 valence electrons. The Labute approximate surface area is 157 Å². The Morgan fingerprint density at radius 1 is 1.11 bits per heavy atom. The van der Waals surface area contributed by atoms with Crippen molar-refractivity contribution >= 4 is 11.6 Å². The zero-order valence-electron chi connectivity index (χ0n) is 15.6. The zero-order valence-corrected chi connectivity index (χ0v) is 15.6. The molecule has 27 heavy (non-hydrogen) atoms. The van der Waals surface area contributed by atoms with Gasteiger partial charge in [0.2, 0.25) is 17.6 Å². The van der Waals surface area contributed by atoms with Crippen LogP contribution in [-0.2, 0) is 4.79 Å². The molecule has 0 N–H and O–H groups in total. The minimum absolute atomic E-state index is 0.0782. The van der Waals surface area contributed by atoms with Crippen molar-refractivity contribution in [3.63, 3.8) is 0 Å². The van der Waals surface area contributed by atoms with E-state index in [1.165, 1.54) is 0 Å². The number of amides is 1. The Morgan fingerprint density at radius 2 is 1.85 bits per heavy atom. The van der Waals surface area contributed by atoms with Gasteiger partial charge < -0.3 is 14.2 Å². The highest BCUT2D eigenvalue weighted by molar-refractivity contribution is 5.97. The number of rotatable bonds is 4. The van der Waals surface area contributed by atoms with Gasteiger partial charge in [0.1, 0.15) is 5.75 Å². The van der Waals surface area contributed by atoms with Crippen LogP contribution in [0.3, 0.4) is 0 Å². The summed E-state index contributed by atoms with van der Waals surface area (Å²) in [5.74, 6) is 1.60. The second-order valence-corrected chi connectivity index (χ2v) is 6.80. The highest BCUT2D eigenvalue weighted by atomic mass is 16.5. The maximum absolute atomic E-state index is 12.7. The lowest BCUT2D eigenvalue weighted by atomic mass is 10.1. The molecule has 0 bridgehead atoms. The van der Waals surface area contributed by atoms with Gasteiger partial charge in [-0.1, -0.05) is 35.5 Å². The lowest BCUT2D eigenvalue weighted by molar-refractivity contribution is -0.117. The van der Waals surface area contributed by atoms with Gasteiger partial charge in [0.15, 0.2) is 0 Å². The Morgan fingerprint density at radius 3 is 2.59 bits per heavy atom. The van der Waals surface area contributed by atoms with Crippen molar-refractivity contribution in [1.82, 2.24) is 10.1 Å². The first-order valence-corrected chi connectivity index (χ1v) is 8.92. The molecule has 2 aromatic carbocycles. The van der Waals surface area contributed by atoms with Gasteiger partial charge in [-0.05, 0) is 37.1 Å². The lowest BCUT2D eigenvalue weighted by Gasteiger charge is -2.21. The summed E-state index contributed by atoms with van der Waals surface area (Å²) in [5, 5.41) is 4.10. The summed E-state index contributed by atoms with van der Waals surface area (Å²) in [4.78, 5) is 19.0. The minimum Gasteiger partial charge on any atom is -0.496 e. The fourth-order valence-corrected chi connectivity index (χ4v) is 3.66. The van der Waals surface area contributed by atoms with Gasteiger partial charge in [-0.3, -0.25) is 4.79 Å². The summed E-state index contributed by atoms with van der Waals surface area (Å²) in [5.41, 5.74) is 3.92. The van der Waals surface area contributed by atoms with Crippen molar-refractivity contribution in [3.8, 4) is 17.1 Å². The Bertz CT molecular complexity index is 976. The summed E-state index contributed by atoms with van der Waals surface area (Å²) in [7, 11) is 1.61. The van der Waals surface area contributed by atoms with Crippen molar-refractivity contribution in [2.45, 2.75) is 26.2 Å². The van der Waals surface area contributed by atoms with E-state index in [1.54, 1.807) is 7.11 Å². The third kappa shape index (κ3) is 3.07. The summed E-state index contributed by atoms with van der Waals surface area (Å²) >= 11 is 0. The Hall–Kier alpha value is -3.15. The highest BCUT2D eigenvalue weighted by Crippen LogP contribution is 2.35. The fraction of sp³-hybridized carbons (Fsp3) is 0.286. The van der Waals surface area contributed by atoms with Crippen LogP contribution in [0.5, 0.6) is 5.75 Å². The normalized spacial score (nSPS) is 16.8. The minimum atomic E-state index is -0.118. The van der Waals surface area contributed by atoms with Crippen LogP contribution in [0.25, 0.3) is 11.4 Å². The Balaban J connectivity index is 1.61. The smallest absolute Gasteiger partial charge is 0.232 e. The molecule has 1 unspecified atom stereocenters. The number of aromatic nitrogens is 2. The standard InChI is InChI=1S/C21H21N3O3/c1-13-7-6-8-14(2)19(13)24-12-15(11-18(24)25)21-22-20(23-27-21)16-9-4-5-10-17(16)26-3/h4-10,15H,11-12H2,1-3H3. The van der Waals surface area contributed by atoms with Gasteiger partial charge in [-0.25, -0.2) is 0 Å². The molecule has 0 aliphatic carbocycles. The van der Waals surface area contributed by atoms with Gasteiger partial charge in [0, 0.05) is 18.7 Å². The van der Waals surface area contributed by atoms with E-state index in [4.69, 9.17) is 9.26 Å². The largest absolute Gasteiger partial charge is 0.496 e. The third-order valence-electron chi connectivity index (χ3n) is 4.97. The molecule has 1 aliphatic rings. The maximum Gasteiger partial charge on any atom is 0.232 e. The highest BCUT2D eigenvalue weighted by Gasteiger charge is 2.36. The SMILES string of the molecule is COc1ccccc1-c1noc(C2CC(=O)N(c3c(C)cccc3C)C2)n1. The van der Waals surface area contributed by atoms with E-state index in [9.17, 15) is 4.79 Å².